The van der Waals surface area contributed by atoms with Crippen LogP contribution in [0.15, 0.2) is 42.5 Å². The molecule has 0 radical (unpaired) electrons. The molecule has 0 bridgehead atoms. The molecular formula is C13H14N2. The van der Waals surface area contributed by atoms with Gasteiger partial charge in [-0.3, -0.25) is 0 Å². The Balaban J connectivity index is 2.25. The Morgan fingerprint density at radius 3 is 2.47 bits per heavy atom. The minimum absolute atomic E-state index is 0.587. The zero-order chi connectivity index (χ0) is 10.7. The Labute approximate surface area is 89.8 Å². The maximum atomic E-state index is 5.61. The number of pyridine rings is 1. The van der Waals surface area contributed by atoms with E-state index < -0.39 is 0 Å². The summed E-state index contributed by atoms with van der Waals surface area (Å²) >= 11 is 0. The van der Waals surface area contributed by atoms with Crippen molar-refractivity contribution < 1.29 is 0 Å². The van der Waals surface area contributed by atoms with Crippen molar-refractivity contribution in [3.8, 4) is 0 Å². The molecule has 15 heavy (non-hydrogen) atoms. The lowest BCUT2D eigenvalue weighted by atomic mass is 10.0. The van der Waals surface area contributed by atoms with Crippen molar-refractivity contribution in [3.05, 3.63) is 59.3 Å². The number of nitrogen functional groups attached to an aromatic ring is 1. The van der Waals surface area contributed by atoms with Gasteiger partial charge in [-0.1, -0.05) is 36.4 Å². The summed E-state index contributed by atoms with van der Waals surface area (Å²) in [6.45, 7) is 1.99. The maximum Gasteiger partial charge on any atom is 0.123 e. The van der Waals surface area contributed by atoms with Crippen molar-refractivity contribution in [3.63, 3.8) is 0 Å². The quantitative estimate of drug-likeness (QED) is 0.805. The van der Waals surface area contributed by atoms with E-state index in [1.807, 2.05) is 25.1 Å². The molecule has 1 aromatic heterocycles. The largest absolute Gasteiger partial charge is 0.384 e. The average molecular weight is 198 g/mol. The number of aromatic nitrogens is 1. The van der Waals surface area contributed by atoms with Crippen LogP contribution >= 0.6 is 0 Å². The monoisotopic (exact) mass is 198 g/mol. The van der Waals surface area contributed by atoms with Crippen molar-refractivity contribution >= 4 is 5.82 Å². The van der Waals surface area contributed by atoms with Gasteiger partial charge in [0.25, 0.3) is 0 Å². The molecular weight excluding hydrogens is 184 g/mol. The zero-order valence-electron chi connectivity index (χ0n) is 8.77. The van der Waals surface area contributed by atoms with Gasteiger partial charge in [0.1, 0.15) is 5.82 Å². The lowest BCUT2D eigenvalue weighted by Crippen LogP contribution is -1.98. The third-order valence-corrected chi connectivity index (χ3v) is 2.45. The van der Waals surface area contributed by atoms with Crippen molar-refractivity contribution in [2.24, 2.45) is 0 Å². The smallest absolute Gasteiger partial charge is 0.123 e. The van der Waals surface area contributed by atoms with Gasteiger partial charge < -0.3 is 5.73 Å². The van der Waals surface area contributed by atoms with E-state index in [0.717, 1.165) is 12.1 Å². The fourth-order valence-electron chi connectivity index (χ4n) is 1.61. The first-order valence-electron chi connectivity index (χ1n) is 5.01. The fraction of sp³-hybridized carbons (Fsp3) is 0.154. The number of nitrogens with two attached hydrogens (primary N) is 1. The molecule has 2 N–H and O–H groups in total. The summed E-state index contributed by atoms with van der Waals surface area (Å²) in [6.07, 6.45) is 0.917. The van der Waals surface area contributed by atoms with E-state index in [0.29, 0.717) is 5.82 Å². The van der Waals surface area contributed by atoms with Crippen LogP contribution in [-0.2, 0) is 6.42 Å². The van der Waals surface area contributed by atoms with Crippen LogP contribution in [0.5, 0.6) is 0 Å². The molecule has 1 heterocycles. The van der Waals surface area contributed by atoms with Gasteiger partial charge in [0.05, 0.1) is 0 Å². The first-order valence-corrected chi connectivity index (χ1v) is 5.01. The Bertz CT molecular complexity index is 449. The molecule has 0 saturated heterocycles. The van der Waals surface area contributed by atoms with Gasteiger partial charge in [0, 0.05) is 5.69 Å². The number of hydrogen-bond donors (Lipinski definition) is 1. The van der Waals surface area contributed by atoms with Crippen molar-refractivity contribution in [1.29, 1.82) is 0 Å². The highest BCUT2D eigenvalue weighted by atomic mass is 14.8. The van der Waals surface area contributed by atoms with Gasteiger partial charge in [-0.05, 0) is 30.5 Å². The summed E-state index contributed by atoms with van der Waals surface area (Å²) < 4.78 is 0. The van der Waals surface area contributed by atoms with E-state index in [1.165, 1.54) is 11.1 Å². The normalized spacial score (nSPS) is 10.2. The SMILES string of the molecule is Cc1nc(N)ccc1Cc1ccccc1. The number of benzene rings is 1. The molecule has 2 nitrogen and oxygen atoms in total. The molecule has 0 atom stereocenters. The highest BCUT2D eigenvalue weighted by Gasteiger charge is 2.01. The van der Waals surface area contributed by atoms with Crippen LogP contribution in [0, 0.1) is 6.92 Å². The highest BCUT2D eigenvalue weighted by Crippen LogP contribution is 2.13. The number of anilines is 1. The third kappa shape index (κ3) is 2.34. The number of hydrogen-bond acceptors (Lipinski definition) is 2. The summed E-state index contributed by atoms with van der Waals surface area (Å²) in [4.78, 5) is 4.25. The molecule has 0 amide bonds. The Hall–Kier alpha value is -1.83. The van der Waals surface area contributed by atoms with Crippen LogP contribution < -0.4 is 5.73 Å². The Morgan fingerprint density at radius 1 is 1.07 bits per heavy atom. The van der Waals surface area contributed by atoms with E-state index in [4.69, 9.17) is 5.73 Å². The van der Waals surface area contributed by atoms with Crippen molar-refractivity contribution in [2.75, 3.05) is 5.73 Å². The molecule has 1 aromatic carbocycles. The number of nitrogens with zero attached hydrogens (tertiary/aromatic N) is 1. The molecule has 0 saturated carbocycles. The molecule has 0 spiro atoms. The highest BCUT2D eigenvalue weighted by molar-refractivity contribution is 5.36. The molecule has 0 fully saturated rings. The second kappa shape index (κ2) is 4.13. The van der Waals surface area contributed by atoms with Crippen LogP contribution in [0.3, 0.4) is 0 Å². The van der Waals surface area contributed by atoms with Crippen LogP contribution in [0.2, 0.25) is 0 Å². The average Bonchev–Trinajstić information content (AvgIpc) is 2.24. The second-order valence-electron chi connectivity index (χ2n) is 3.64. The van der Waals surface area contributed by atoms with Gasteiger partial charge in [-0.15, -0.1) is 0 Å². The Kier molecular flexibility index (Phi) is 2.68. The molecule has 0 aliphatic rings. The summed E-state index contributed by atoms with van der Waals surface area (Å²) in [7, 11) is 0. The molecule has 0 aliphatic heterocycles. The minimum atomic E-state index is 0.587. The van der Waals surface area contributed by atoms with E-state index >= 15 is 0 Å². The van der Waals surface area contributed by atoms with Crippen LogP contribution in [0.4, 0.5) is 5.82 Å². The Morgan fingerprint density at radius 2 is 1.80 bits per heavy atom. The van der Waals surface area contributed by atoms with Crippen molar-refractivity contribution in [1.82, 2.24) is 4.98 Å². The lowest BCUT2D eigenvalue weighted by molar-refractivity contribution is 1.08. The van der Waals surface area contributed by atoms with Gasteiger partial charge in [-0.25, -0.2) is 4.98 Å². The van der Waals surface area contributed by atoms with E-state index in [-0.39, 0.29) is 0 Å². The van der Waals surface area contributed by atoms with Gasteiger partial charge in [-0.2, -0.15) is 0 Å². The second-order valence-corrected chi connectivity index (χ2v) is 3.64. The zero-order valence-corrected chi connectivity index (χ0v) is 8.77. The fourth-order valence-corrected chi connectivity index (χ4v) is 1.61. The molecule has 76 valence electrons. The van der Waals surface area contributed by atoms with Crippen LogP contribution in [0.25, 0.3) is 0 Å². The van der Waals surface area contributed by atoms with Gasteiger partial charge >= 0.3 is 0 Å². The predicted octanol–water partition coefficient (Wildman–Crippen LogP) is 2.56. The molecule has 2 heteroatoms. The predicted molar refractivity (Wildman–Crippen MR) is 62.6 cm³/mol. The summed E-state index contributed by atoms with van der Waals surface area (Å²) in [5.74, 6) is 0.587. The van der Waals surface area contributed by atoms with Crippen LogP contribution in [-0.4, -0.2) is 4.98 Å². The third-order valence-electron chi connectivity index (χ3n) is 2.45. The first kappa shape index (κ1) is 9.71. The summed E-state index contributed by atoms with van der Waals surface area (Å²) in [6, 6.07) is 14.3. The molecule has 2 rings (SSSR count). The minimum Gasteiger partial charge on any atom is -0.384 e. The standard InChI is InChI=1S/C13H14N2/c1-10-12(7-8-13(14)15-10)9-11-5-3-2-4-6-11/h2-8H,9H2,1H3,(H2,14,15). The molecule has 0 unspecified atom stereocenters. The first-order chi connectivity index (χ1) is 7.25. The topological polar surface area (TPSA) is 38.9 Å². The number of rotatable bonds is 2. The number of aryl methyl sites for hydroxylation is 1. The lowest BCUT2D eigenvalue weighted by Gasteiger charge is -2.05. The van der Waals surface area contributed by atoms with Crippen LogP contribution in [0.1, 0.15) is 16.8 Å². The van der Waals surface area contributed by atoms with E-state index in [9.17, 15) is 0 Å². The summed E-state index contributed by atoms with van der Waals surface area (Å²) in [5, 5.41) is 0. The summed E-state index contributed by atoms with van der Waals surface area (Å²) in [5.41, 5.74) is 9.15. The van der Waals surface area contributed by atoms with E-state index in [2.05, 4.69) is 29.2 Å². The molecule has 2 aromatic rings. The van der Waals surface area contributed by atoms with Crippen molar-refractivity contribution in [2.45, 2.75) is 13.3 Å². The van der Waals surface area contributed by atoms with Gasteiger partial charge in [0.2, 0.25) is 0 Å². The maximum absolute atomic E-state index is 5.61. The van der Waals surface area contributed by atoms with Gasteiger partial charge in [0.15, 0.2) is 0 Å². The molecule has 0 aliphatic carbocycles. The van der Waals surface area contributed by atoms with E-state index in [1.54, 1.807) is 0 Å².